The summed E-state index contributed by atoms with van der Waals surface area (Å²) in [5.41, 5.74) is 1.64. The number of allylic oxidation sites excluding steroid dienone is 1. The molecule has 5 rings (SSSR count). The number of amides is 1. The van der Waals surface area contributed by atoms with E-state index in [0.717, 1.165) is 24.0 Å². The van der Waals surface area contributed by atoms with Crippen LogP contribution in [0.4, 0.5) is 0 Å². The van der Waals surface area contributed by atoms with Gasteiger partial charge in [-0.25, -0.2) is 0 Å². The minimum atomic E-state index is -0.620. The molecule has 0 N–H and O–H groups in total. The molecule has 2 aliphatic heterocycles. The fourth-order valence-corrected chi connectivity index (χ4v) is 6.47. The Hall–Kier alpha value is -1.85. The highest BCUT2D eigenvalue weighted by Crippen LogP contribution is 2.53. The number of likely N-dealkylation sites (tertiary alicyclic amines) is 1. The molecule has 35 heavy (non-hydrogen) atoms. The van der Waals surface area contributed by atoms with Gasteiger partial charge in [-0.3, -0.25) is 4.79 Å². The Labute approximate surface area is 218 Å². The molecule has 2 aromatic carbocycles. The monoisotopic (exact) mass is 513 g/mol. The highest BCUT2D eigenvalue weighted by Gasteiger charge is 2.53. The molecule has 2 heterocycles. The largest absolute Gasteiger partial charge is 0.348 e. The van der Waals surface area contributed by atoms with Gasteiger partial charge < -0.3 is 14.4 Å². The van der Waals surface area contributed by atoms with Gasteiger partial charge in [-0.2, -0.15) is 0 Å². The van der Waals surface area contributed by atoms with Gasteiger partial charge in [0, 0.05) is 21.4 Å². The summed E-state index contributed by atoms with van der Waals surface area (Å²) in [6, 6.07) is 16.0. The summed E-state index contributed by atoms with van der Waals surface area (Å²) >= 11 is 12.7. The summed E-state index contributed by atoms with van der Waals surface area (Å²) in [4.78, 5) is 16.6. The van der Waals surface area contributed by atoms with E-state index >= 15 is 0 Å². The molecule has 0 aromatic heterocycles. The van der Waals surface area contributed by atoms with Crippen molar-refractivity contribution < 1.29 is 14.3 Å². The van der Waals surface area contributed by atoms with E-state index in [0.29, 0.717) is 29.5 Å². The van der Waals surface area contributed by atoms with Gasteiger partial charge >= 0.3 is 0 Å². The second-order valence-corrected chi connectivity index (χ2v) is 11.7. The number of benzene rings is 2. The van der Waals surface area contributed by atoms with Gasteiger partial charge in [-0.05, 0) is 74.9 Å². The van der Waals surface area contributed by atoms with Crippen LogP contribution in [0.1, 0.15) is 69.5 Å². The van der Waals surface area contributed by atoms with Crippen molar-refractivity contribution in [2.75, 3.05) is 6.61 Å². The van der Waals surface area contributed by atoms with Crippen molar-refractivity contribution in [1.29, 1.82) is 0 Å². The van der Waals surface area contributed by atoms with Crippen LogP contribution in [0, 0.1) is 5.41 Å². The molecular formula is C29H33Cl2NO3. The number of carbonyl (C=O) groups excluding carboxylic acids is 1. The zero-order valence-electron chi connectivity index (χ0n) is 20.5. The number of hydrogen-bond donors (Lipinski definition) is 0. The Balaban J connectivity index is 1.60. The van der Waals surface area contributed by atoms with Crippen molar-refractivity contribution in [3.05, 3.63) is 81.9 Å². The maximum absolute atomic E-state index is 14.4. The molecule has 2 saturated heterocycles. The third kappa shape index (κ3) is 5.04. The minimum absolute atomic E-state index is 0.0571. The Morgan fingerprint density at radius 1 is 1.03 bits per heavy atom. The second-order valence-electron chi connectivity index (χ2n) is 10.9. The lowest BCUT2D eigenvalue weighted by molar-refractivity contribution is -0.161. The Kier molecular flexibility index (Phi) is 6.78. The average molecular weight is 514 g/mol. The van der Waals surface area contributed by atoms with Gasteiger partial charge in [0.15, 0.2) is 5.79 Å². The van der Waals surface area contributed by atoms with Crippen LogP contribution >= 0.6 is 23.2 Å². The first-order valence-corrected chi connectivity index (χ1v) is 13.2. The highest BCUT2D eigenvalue weighted by atomic mass is 35.5. The van der Waals surface area contributed by atoms with Crippen molar-refractivity contribution in [2.24, 2.45) is 5.41 Å². The van der Waals surface area contributed by atoms with Crippen LogP contribution in [0.25, 0.3) is 0 Å². The van der Waals surface area contributed by atoms with Crippen LogP contribution in [0.15, 0.2) is 60.7 Å². The molecule has 0 bridgehead atoms. The van der Waals surface area contributed by atoms with Crippen LogP contribution in [0.3, 0.4) is 0 Å². The summed E-state index contributed by atoms with van der Waals surface area (Å²) < 4.78 is 12.0. The molecule has 0 saturated carbocycles. The minimum Gasteiger partial charge on any atom is -0.348 e. The molecule has 0 spiro atoms. The highest BCUT2D eigenvalue weighted by molar-refractivity contribution is 6.30. The van der Waals surface area contributed by atoms with Gasteiger partial charge in [0.1, 0.15) is 0 Å². The third-order valence-corrected chi connectivity index (χ3v) is 8.17. The van der Waals surface area contributed by atoms with E-state index in [9.17, 15) is 4.79 Å². The molecule has 5 atom stereocenters. The van der Waals surface area contributed by atoms with Crippen LogP contribution in [0.2, 0.25) is 10.0 Å². The van der Waals surface area contributed by atoms with E-state index < -0.39 is 11.2 Å². The zero-order chi connectivity index (χ0) is 24.8. The molecule has 6 heteroatoms. The topological polar surface area (TPSA) is 38.8 Å². The lowest BCUT2D eigenvalue weighted by atomic mass is 9.66. The fourth-order valence-electron chi connectivity index (χ4n) is 6.15. The quantitative estimate of drug-likeness (QED) is 0.393. The number of rotatable bonds is 5. The van der Waals surface area contributed by atoms with Gasteiger partial charge in [-0.15, -0.1) is 0 Å². The smallest absolute Gasteiger partial charge is 0.229 e. The van der Waals surface area contributed by atoms with E-state index in [4.69, 9.17) is 32.7 Å². The number of piperidine rings is 1. The molecule has 1 amide bonds. The average Bonchev–Trinajstić information content (AvgIpc) is 3.45. The van der Waals surface area contributed by atoms with Crippen molar-refractivity contribution >= 4 is 29.1 Å². The maximum Gasteiger partial charge on any atom is 0.229 e. The van der Waals surface area contributed by atoms with E-state index in [-0.39, 0.29) is 30.0 Å². The molecule has 0 radical (unpaired) electrons. The molecule has 2 aromatic rings. The Morgan fingerprint density at radius 2 is 1.80 bits per heavy atom. The summed E-state index contributed by atoms with van der Waals surface area (Å²) in [6.07, 6.45) is 7.50. The van der Waals surface area contributed by atoms with Crippen molar-refractivity contribution in [3.63, 3.8) is 0 Å². The number of halogens is 2. The van der Waals surface area contributed by atoms with Crippen molar-refractivity contribution in [2.45, 2.75) is 76.3 Å². The summed E-state index contributed by atoms with van der Waals surface area (Å²) in [6.45, 7) is 6.46. The van der Waals surface area contributed by atoms with E-state index in [1.165, 1.54) is 0 Å². The molecule has 3 aliphatic rings. The van der Waals surface area contributed by atoms with Crippen LogP contribution in [0.5, 0.6) is 0 Å². The Morgan fingerprint density at radius 3 is 2.43 bits per heavy atom. The Bertz CT molecular complexity index is 1120. The summed E-state index contributed by atoms with van der Waals surface area (Å²) in [5.74, 6) is -0.368. The van der Waals surface area contributed by atoms with E-state index in [1.54, 1.807) is 0 Å². The first-order chi connectivity index (χ1) is 16.7. The molecule has 186 valence electrons. The van der Waals surface area contributed by atoms with Crippen molar-refractivity contribution in [1.82, 2.24) is 4.90 Å². The SMILES string of the molecule is CC1(C)OCC(CC2(C)CC(c3cccc(Cl)c3)C(c3ccc(Cl)cc3)N(C3C=CCC3)C2=O)O1. The second kappa shape index (κ2) is 9.55. The van der Waals surface area contributed by atoms with Crippen LogP contribution in [-0.2, 0) is 14.3 Å². The summed E-state index contributed by atoms with van der Waals surface area (Å²) in [5, 5.41) is 1.39. The lowest BCUT2D eigenvalue weighted by Crippen LogP contribution is -2.55. The standard InChI is InChI=1S/C29H33Cl2NO3/c1-28(2)34-18-24(35-28)16-29(3)17-25(20-7-6-8-22(31)15-20)26(19-11-13-21(30)14-12-19)32(27(29)33)23-9-4-5-10-23/h4,6-9,11-15,23-26H,5,10,16-18H2,1-3H3. The lowest BCUT2D eigenvalue weighted by Gasteiger charge is -2.52. The number of ether oxygens (including phenoxy) is 2. The van der Waals surface area contributed by atoms with Crippen LogP contribution < -0.4 is 0 Å². The maximum atomic E-state index is 14.4. The zero-order valence-corrected chi connectivity index (χ0v) is 22.1. The number of hydrogen-bond acceptors (Lipinski definition) is 3. The first kappa shape index (κ1) is 24.8. The normalized spacial score (nSPS) is 32.4. The molecule has 5 unspecified atom stereocenters. The van der Waals surface area contributed by atoms with Crippen molar-refractivity contribution in [3.8, 4) is 0 Å². The van der Waals surface area contributed by atoms with Gasteiger partial charge in [-0.1, -0.05) is 66.5 Å². The molecule has 1 aliphatic carbocycles. The van der Waals surface area contributed by atoms with Crippen LogP contribution in [-0.4, -0.2) is 35.3 Å². The van der Waals surface area contributed by atoms with Gasteiger partial charge in [0.2, 0.25) is 5.91 Å². The fraction of sp³-hybridized carbons (Fsp3) is 0.483. The predicted molar refractivity (Wildman–Crippen MR) is 140 cm³/mol. The number of carbonyl (C=O) groups is 1. The number of nitrogens with zero attached hydrogens (tertiary/aromatic N) is 1. The van der Waals surface area contributed by atoms with Gasteiger partial charge in [0.25, 0.3) is 0 Å². The molecule has 4 nitrogen and oxygen atoms in total. The summed E-state index contributed by atoms with van der Waals surface area (Å²) in [7, 11) is 0. The third-order valence-electron chi connectivity index (χ3n) is 7.68. The van der Waals surface area contributed by atoms with E-state index in [2.05, 4.69) is 42.2 Å². The predicted octanol–water partition coefficient (Wildman–Crippen LogP) is 7.32. The first-order valence-electron chi connectivity index (χ1n) is 12.5. The molecular weight excluding hydrogens is 481 g/mol. The molecule has 2 fully saturated rings. The van der Waals surface area contributed by atoms with E-state index in [1.807, 2.05) is 44.2 Å². The van der Waals surface area contributed by atoms with Gasteiger partial charge in [0.05, 0.1) is 24.8 Å².